The van der Waals surface area contributed by atoms with E-state index < -0.39 is 0 Å². The van der Waals surface area contributed by atoms with Crippen molar-refractivity contribution in [3.63, 3.8) is 0 Å². The topological polar surface area (TPSA) is 46.5 Å². The van der Waals surface area contributed by atoms with Crippen molar-refractivity contribution < 1.29 is 14.6 Å². The Balaban J connectivity index is 3.46. The molecule has 0 fully saturated rings. The molecule has 0 aliphatic rings. The zero-order chi connectivity index (χ0) is 18.5. The van der Waals surface area contributed by atoms with Crippen molar-refractivity contribution >= 4 is 12.0 Å². The van der Waals surface area contributed by atoms with Gasteiger partial charge in [0.25, 0.3) is 0 Å². The van der Waals surface area contributed by atoms with E-state index in [9.17, 15) is 9.90 Å². The van der Waals surface area contributed by atoms with E-state index in [1.807, 2.05) is 12.1 Å². The number of hydrogen-bond acceptors (Lipinski definition) is 3. The summed E-state index contributed by atoms with van der Waals surface area (Å²) in [6.07, 6.45) is 6.41. The molecule has 3 nitrogen and oxygen atoms in total. The van der Waals surface area contributed by atoms with E-state index in [4.69, 9.17) is 0 Å². The first-order valence-corrected chi connectivity index (χ1v) is 8.67. The van der Waals surface area contributed by atoms with Gasteiger partial charge in [0.2, 0.25) is 0 Å². The molecule has 0 atom stereocenters. The highest BCUT2D eigenvalue weighted by molar-refractivity contribution is 5.87. The van der Waals surface area contributed by atoms with Gasteiger partial charge in [-0.25, -0.2) is 4.79 Å². The number of methoxy groups -OCH3 is 1. The molecule has 3 heteroatoms. The molecule has 1 rings (SSSR count). The van der Waals surface area contributed by atoms with Gasteiger partial charge >= 0.3 is 5.97 Å². The minimum atomic E-state index is -0.382. The van der Waals surface area contributed by atoms with E-state index >= 15 is 0 Å². The Labute approximate surface area is 146 Å². The van der Waals surface area contributed by atoms with Crippen LogP contribution >= 0.6 is 0 Å². The summed E-state index contributed by atoms with van der Waals surface area (Å²) in [6.45, 7) is 12.7. The highest BCUT2D eigenvalue weighted by Crippen LogP contribution is 2.42. The Morgan fingerprint density at radius 2 is 1.75 bits per heavy atom. The first-order valence-electron chi connectivity index (χ1n) is 8.67. The van der Waals surface area contributed by atoms with Crippen LogP contribution in [0.1, 0.15) is 77.5 Å². The second kappa shape index (κ2) is 7.87. The maximum absolute atomic E-state index is 11.4. The molecule has 1 aromatic rings. The molecule has 0 aromatic heterocycles. The van der Waals surface area contributed by atoms with Crippen LogP contribution in [0.3, 0.4) is 0 Å². The normalized spacial score (nSPS) is 12.6. The lowest BCUT2D eigenvalue weighted by Crippen LogP contribution is -2.20. The van der Waals surface area contributed by atoms with Gasteiger partial charge in [0, 0.05) is 17.2 Å². The Morgan fingerprint density at radius 3 is 2.25 bits per heavy atom. The number of benzene rings is 1. The van der Waals surface area contributed by atoms with Gasteiger partial charge in [-0.05, 0) is 41.0 Å². The fourth-order valence-corrected chi connectivity index (χ4v) is 2.83. The molecular formula is C21H32O3. The lowest BCUT2D eigenvalue weighted by atomic mass is 9.75. The fourth-order valence-electron chi connectivity index (χ4n) is 2.83. The predicted molar refractivity (Wildman–Crippen MR) is 100 cm³/mol. The molecule has 1 N–H and O–H groups in total. The van der Waals surface area contributed by atoms with Crippen LogP contribution in [0, 0.1) is 0 Å². The predicted octanol–water partition coefficient (Wildman–Crippen LogP) is 5.34. The molecule has 0 aliphatic carbocycles. The van der Waals surface area contributed by atoms with E-state index in [0.29, 0.717) is 5.75 Å². The molecule has 0 radical (unpaired) electrons. The molecule has 0 saturated heterocycles. The van der Waals surface area contributed by atoms with E-state index in [-0.39, 0.29) is 16.8 Å². The number of aromatic hydroxyl groups is 1. The van der Waals surface area contributed by atoms with Crippen LogP contribution in [0.5, 0.6) is 5.75 Å². The van der Waals surface area contributed by atoms with Crippen LogP contribution in [-0.2, 0) is 20.4 Å². The van der Waals surface area contributed by atoms with Crippen LogP contribution in [0.25, 0.3) is 6.08 Å². The summed E-state index contributed by atoms with van der Waals surface area (Å²) >= 11 is 0. The zero-order valence-electron chi connectivity index (χ0n) is 16.2. The lowest BCUT2D eigenvalue weighted by Gasteiger charge is -2.30. The van der Waals surface area contributed by atoms with Crippen LogP contribution in [0.4, 0.5) is 0 Å². The number of carbonyl (C=O) groups excluding carboxylic acids is 1. The SMILES string of the molecule is CCCCC(C)(C)c1cc(C=CC(=O)OC)cc(C(C)(C)C)c1O. The maximum Gasteiger partial charge on any atom is 0.330 e. The first-order chi connectivity index (χ1) is 11.0. The van der Waals surface area contributed by atoms with E-state index in [2.05, 4.69) is 46.3 Å². The van der Waals surface area contributed by atoms with E-state index in [0.717, 1.165) is 36.0 Å². The number of esters is 1. The van der Waals surface area contributed by atoms with Gasteiger partial charge < -0.3 is 9.84 Å². The molecule has 1 aromatic carbocycles. The molecule has 0 heterocycles. The number of rotatable bonds is 6. The summed E-state index contributed by atoms with van der Waals surface area (Å²) in [6, 6.07) is 3.94. The summed E-state index contributed by atoms with van der Waals surface area (Å²) in [5.74, 6) is -0.00834. The van der Waals surface area contributed by atoms with E-state index in [1.54, 1.807) is 6.08 Å². The molecule has 0 aliphatic heterocycles. The molecule has 134 valence electrons. The molecule has 24 heavy (non-hydrogen) atoms. The van der Waals surface area contributed by atoms with Gasteiger partial charge in [0.05, 0.1) is 7.11 Å². The third kappa shape index (κ3) is 5.12. The minimum Gasteiger partial charge on any atom is -0.507 e. The highest BCUT2D eigenvalue weighted by atomic mass is 16.5. The Bertz CT molecular complexity index is 604. The van der Waals surface area contributed by atoms with Crippen molar-refractivity contribution in [1.29, 1.82) is 0 Å². The summed E-state index contributed by atoms with van der Waals surface area (Å²) in [7, 11) is 1.36. The average molecular weight is 332 g/mol. The third-order valence-electron chi connectivity index (χ3n) is 4.44. The fraction of sp³-hybridized carbons (Fsp3) is 0.571. The van der Waals surface area contributed by atoms with Crippen molar-refractivity contribution in [1.82, 2.24) is 0 Å². The number of unbranched alkanes of at least 4 members (excludes halogenated alkanes) is 1. The Morgan fingerprint density at radius 1 is 1.17 bits per heavy atom. The van der Waals surface area contributed by atoms with Crippen LogP contribution in [0.15, 0.2) is 18.2 Å². The molecule has 0 saturated carbocycles. The molecule has 0 amide bonds. The largest absolute Gasteiger partial charge is 0.507 e. The molecule has 0 spiro atoms. The highest BCUT2D eigenvalue weighted by Gasteiger charge is 2.28. The second-order valence-corrected chi connectivity index (χ2v) is 8.06. The Hall–Kier alpha value is -1.77. The summed E-state index contributed by atoms with van der Waals surface area (Å²) < 4.78 is 4.67. The summed E-state index contributed by atoms with van der Waals surface area (Å²) in [5, 5.41) is 10.9. The van der Waals surface area contributed by atoms with Gasteiger partial charge in [-0.1, -0.05) is 54.4 Å². The van der Waals surface area contributed by atoms with Crippen molar-refractivity contribution in [3.05, 3.63) is 34.9 Å². The molecule has 0 unspecified atom stereocenters. The van der Waals surface area contributed by atoms with E-state index in [1.165, 1.54) is 13.2 Å². The van der Waals surface area contributed by atoms with Crippen molar-refractivity contribution in [2.45, 2.75) is 71.6 Å². The standard InChI is InChI=1S/C21H32O3/c1-8-9-12-21(5,6)17-14-15(10-11-18(22)24-7)13-16(19(17)23)20(2,3)4/h10-11,13-14,23H,8-9,12H2,1-7H3. The number of carbonyl (C=O) groups is 1. The van der Waals surface area contributed by atoms with Crippen LogP contribution < -0.4 is 0 Å². The van der Waals surface area contributed by atoms with Crippen molar-refractivity contribution in [2.24, 2.45) is 0 Å². The van der Waals surface area contributed by atoms with Crippen molar-refractivity contribution in [2.75, 3.05) is 7.11 Å². The number of phenolic OH excluding ortho intramolecular Hbond substituents is 1. The number of ether oxygens (including phenoxy) is 1. The average Bonchev–Trinajstić information content (AvgIpc) is 2.50. The minimum absolute atomic E-state index is 0.130. The third-order valence-corrected chi connectivity index (χ3v) is 4.44. The van der Waals surface area contributed by atoms with Gasteiger partial charge in [0.1, 0.15) is 5.75 Å². The van der Waals surface area contributed by atoms with Gasteiger partial charge in [-0.2, -0.15) is 0 Å². The van der Waals surface area contributed by atoms with Gasteiger partial charge in [-0.15, -0.1) is 0 Å². The number of phenols is 1. The quantitative estimate of drug-likeness (QED) is 0.564. The lowest BCUT2D eigenvalue weighted by molar-refractivity contribution is -0.134. The molecule has 0 bridgehead atoms. The second-order valence-electron chi connectivity index (χ2n) is 8.06. The smallest absolute Gasteiger partial charge is 0.330 e. The zero-order valence-corrected chi connectivity index (χ0v) is 16.2. The van der Waals surface area contributed by atoms with Crippen molar-refractivity contribution in [3.8, 4) is 5.75 Å². The monoisotopic (exact) mass is 332 g/mol. The maximum atomic E-state index is 11.4. The van der Waals surface area contributed by atoms with Gasteiger partial charge in [-0.3, -0.25) is 0 Å². The van der Waals surface area contributed by atoms with Crippen LogP contribution in [-0.4, -0.2) is 18.2 Å². The first kappa shape index (κ1) is 20.3. The number of hydrogen-bond donors (Lipinski definition) is 1. The summed E-state index contributed by atoms with van der Waals surface area (Å²) in [5.41, 5.74) is 2.42. The summed E-state index contributed by atoms with van der Waals surface area (Å²) in [4.78, 5) is 11.4. The molecular weight excluding hydrogens is 300 g/mol. The van der Waals surface area contributed by atoms with Crippen LogP contribution in [0.2, 0.25) is 0 Å². The van der Waals surface area contributed by atoms with Gasteiger partial charge in [0.15, 0.2) is 0 Å². The Kier molecular flexibility index (Phi) is 6.65.